The summed E-state index contributed by atoms with van der Waals surface area (Å²) in [4.78, 5) is 7.79. The largest absolute Gasteiger partial charge is 0.288 e. The molecule has 0 spiro atoms. The third kappa shape index (κ3) is 0.892. The van der Waals surface area contributed by atoms with Crippen LogP contribution < -0.4 is 5.48 Å². The van der Waals surface area contributed by atoms with E-state index < -0.39 is 0 Å². The molecule has 0 bridgehead atoms. The van der Waals surface area contributed by atoms with E-state index in [0.29, 0.717) is 5.65 Å². The topological polar surface area (TPSA) is 75.9 Å². The third-order valence-electron chi connectivity index (χ3n) is 1.57. The van der Waals surface area contributed by atoms with Crippen molar-refractivity contribution in [3.8, 4) is 0 Å². The average Bonchev–Trinajstić information content (AvgIpc) is 2.47. The van der Waals surface area contributed by atoms with Crippen molar-refractivity contribution in [2.75, 3.05) is 5.48 Å². The predicted octanol–water partition coefficient (Wildman–Crippen LogP) is 0.164. The first-order chi connectivity index (χ1) is 5.81. The van der Waals surface area contributed by atoms with Crippen LogP contribution in [-0.4, -0.2) is 25.0 Å². The quantitative estimate of drug-likeness (QED) is 0.589. The molecular formula is C6H7N5O. The van der Waals surface area contributed by atoms with E-state index in [1.807, 2.05) is 5.48 Å². The van der Waals surface area contributed by atoms with Crippen molar-refractivity contribution in [1.82, 2.24) is 19.7 Å². The molecule has 0 radical (unpaired) electrons. The minimum absolute atomic E-state index is 0.172. The Bertz CT molecular complexity index is 409. The molecule has 0 amide bonds. The maximum absolute atomic E-state index is 8.52. The Morgan fingerprint density at radius 2 is 2.33 bits per heavy atom. The summed E-state index contributed by atoms with van der Waals surface area (Å²) in [6.45, 7) is 0. The van der Waals surface area contributed by atoms with Crippen LogP contribution in [0.25, 0.3) is 11.0 Å². The number of rotatable bonds is 1. The number of aryl methyl sites for hydroxylation is 1. The summed E-state index contributed by atoms with van der Waals surface area (Å²) in [5, 5.41) is 13.3. The van der Waals surface area contributed by atoms with E-state index in [2.05, 4.69) is 15.1 Å². The van der Waals surface area contributed by atoms with Gasteiger partial charge in [0.05, 0.1) is 11.6 Å². The Balaban J connectivity index is 2.71. The first-order valence-electron chi connectivity index (χ1n) is 3.36. The van der Waals surface area contributed by atoms with Gasteiger partial charge in [0.1, 0.15) is 0 Å². The maximum atomic E-state index is 8.52. The molecule has 2 aromatic heterocycles. The summed E-state index contributed by atoms with van der Waals surface area (Å²) in [5.41, 5.74) is 2.55. The van der Waals surface area contributed by atoms with E-state index in [9.17, 15) is 0 Å². The molecule has 62 valence electrons. The molecule has 0 saturated heterocycles. The van der Waals surface area contributed by atoms with Crippen molar-refractivity contribution in [2.24, 2.45) is 7.05 Å². The van der Waals surface area contributed by atoms with Crippen LogP contribution in [-0.2, 0) is 7.05 Å². The standard InChI is InChI=1S/C6H7N5O/c1-11-5-4(3-8-11)2-7-6(9-5)10-12/h2-3,12H,1H3,(H,7,9,10). The van der Waals surface area contributed by atoms with E-state index in [-0.39, 0.29) is 5.95 Å². The second-order valence-electron chi connectivity index (χ2n) is 2.35. The van der Waals surface area contributed by atoms with Gasteiger partial charge in [-0.3, -0.25) is 9.89 Å². The fourth-order valence-electron chi connectivity index (χ4n) is 0.990. The Kier molecular flexibility index (Phi) is 1.41. The van der Waals surface area contributed by atoms with Crippen LogP contribution in [0.15, 0.2) is 12.4 Å². The molecule has 2 aromatic rings. The molecule has 6 nitrogen and oxygen atoms in total. The Labute approximate surface area is 67.8 Å². The molecule has 0 aliphatic carbocycles. The Morgan fingerprint density at radius 3 is 3.08 bits per heavy atom. The van der Waals surface area contributed by atoms with Gasteiger partial charge in [0.2, 0.25) is 5.95 Å². The van der Waals surface area contributed by atoms with Gasteiger partial charge in [-0.1, -0.05) is 0 Å². The molecule has 2 N–H and O–H groups in total. The zero-order valence-corrected chi connectivity index (χ0v) is 6.39. The van der Waals surface area contributed by atoms with Gasteiger partial charge in [0, 0.05) is 13.2 Å². The highest BCUT2D eigenvalue weighted by Crippen LogP contribution is 2.09. The van der Waals surface area contributed by atoms with Crippen LogP contribution in [0.3, 0.4) is 0 Å². The summed E-state index contributed by atoms with van der Waals surface area (Å²) >= 11 is 0. The van der Waals surface area contributed by atoms with Crippen LogP contribution in [0.5, 0.6) is 0 Å². The molecule has 2 heterocycles. The van der Waals surface area contributed by atoms with Crippen LogP contribution in [0.1, 0.15) is 0 Å². The monoisotopic (exact) mass is 165 g/mol. The Hall–Kier alpha value is -1.69. The number of anilines is 1. The summed E-state index contributed by atoms with van der Waals surface area (Å²) in [5.74, 6) is 0.172. The fourth-order valence-corrected chi connectivity index (χ4v) is 0.990. The first kappa shape index (κ1) is 6.99. The first-order valence-corrected chi connectivity index (χ1v) is 3.36. The highest BCUT2D eigenvalue weighted by Gasteiger charge is 2.01. The minimum Gasteiger partial charge on any atom is -0.288 e. The molecule has 0 atom stereocenters. The van der Waals surface area contributed by atoms with Gasteiger partial charge in [0.15, 0.2) is 5.65 Å². The van der Waals surface area contributed by atoms with Gasteiger partial charge in [-0.05, 0) is 0 Å². The van der Waals surface area contributed by atoms with Gasteiger partial charge in [-0.15, -0.1) is 0 Å². The molecule has 12 heavy (non-hydrogen) atoms. The van der Waals surface area contributed by atoms with E-state index in [0.717, 1.165) is 5.39 Å². The number of fused-ring (bicyclic) bond motifs is 1. The number of aromatic nitrogens is 4. The van der Waals surface area contributed by atoms with Crippen molar-refractivity contribution in [1.29, 1.82) is 0 Å². The molecule has 0 fully saturated rings. The Morgan fingerprint density at radius 1 is 1.50 bits per heavy atom. The van der Waals surface area contributed by atoms with Crippen molar-refractivity contribution in [3.63, 3.8) is 0 Å². The van der Waals surface area contributed by atoms with E-state index in [1.54, 1.807) is 24.1 Å². The molecule has 0 aromatic carbocycles. The molecular weight excluding hydrogens is 158 g/mol. The minimum atomic E-state index is 0.172. The average molecular weight is 165 g/mol. The number of nitrogens with zero attached hydrogens (tertiary/aromatic N) is 4. The second kappa shape index (κ2) is 2.42. The third-order valence-corrected chi connectivity index (χ3v) is 1.57. The van der Waals surface area contributed by atoms with Gasteiger partial charge in [-0.2, -0.15) is 10.1 Å². The zero-order valence-electron chi connectivity index (χ0n) is 6.39. The van der Waals surface area contributed by atoms with Crippen LogP contribution in [0.2, 0.25) is 0 Å². The second-order valence-corrected chi connectivity index (χ2v) is 2.35. The number of hydrogen-bond donors (Lipinski definition) is 2. The molecule has 2 rings (SSSR count). The van der Waals surface area contributed by atoms with Crippen LogP contribution >= 0.6 is 0 Å². The smallest absolute Gasteiger partial charge is 0.248 e. The lowest BCUT2D eigenvalue weighted by Gasteiger charge is -1.96. The summed E-state index contributed by atoms with van der Waals surface area (Å²) in [6.07, 6.45) is 3.25. The van der Waals surface area contributed by atoms with E-state index in [4.69, 9.17) is 5.21 Å². The lowest BCUT2D eigenvalue weighted by atomic mass is 10.4. The highest BCUT2D eigenvalue weighted by molar-refractivity contribution is 5.74. The zero-order chi connectivity index (χ0) is 8.55. The number of nitrogens with one attached hydrogen (secondary N) is 1. The highest BCUT2D eigenvalue weighted by atomic mass is 16.5. The maximum Gasteiger partial charge on any atom is 0.248 e. The predicted molar refractivity (Wildman–Crippen MR) is 41.7 cm³/mol. The van der Waals surface area contributed by atoms with Crippen molar-refractivity contribution >= 4 is 17.0 Å². The SMILES string of the molecule is Cn1ncc2cnc(NO)nc21. The molecule has 0 unspecified atom stereocenters. The summed E-state index contributed by atoms with van der Waals surface area (Å²) in [7, 11) is 1.77. The van der Waals surface area contributed by atoms with Crippen LogP contribution in [0, 0.1) is 0 Å². The van der Waals surface area contributed by atoms with Crippen LogP contribution in [0.4, 0.5) is 5.95 Å². The van der Waals surface area contributed by atoms with Gasteiger partial charge >= 0.3 is 0 Å². The lowest BCUT2D eigenvalue weighted by molar-refractivity contribution is 0.383. The molecule has 0 aliphatic rings. The molecule has 0 saturated carbocycles. The van der Waals surface area contributed by atoms with Crippen molar-refractivity contribution in [3.05, 3.63) is 12.4 Å². The molecule has 6 heteroatoms. The van der Waals surface area contributed by atoms with Gasteiger partial charge in [-0.25, -0.2) is 10.5 Å². The lowest BCUT2D eigenvalue weighted by Crippen LogP contribution is -1.98. The summed E-state index contributed by atoms with van der Waals surface area (Å²) in [6, 6.07) is 0. The van der Waals surface area contributed by atoms with Gasteiger partial charge in [0.25, 0.3) is 0 Å². The van der Waals surface area contributed by atoms with Gasteiger partial charge < -0.3 is 0 Å². The normalized spacial score (nSPS) is 10.5. The fraction of sp³-hybridized carbons (Fsp3) is 0.167. The van der Waals surface area contributed by atoms with E-state index in [1.165, 1.54) is 0 Å². The molecule has 0 aliphatic heterocycles. The van der Waals surface area contributed by atoms with Crippen molar-refractivity contribution < 1.29 is 5.21 Å². The van der Waals surface area contributed by atoms with E-state index >= 15 is 0 Å². The number of hydrogen-bond acceptors (Lipinski definition) is 5. The summed E-state index contributed by atoms with van der Waals surface area (Å²) < 4.78 is 1.61. The van der Waals surface area contributed by atoms with Crippen molar-refractivity contribution in [2.45, 2.75) is 0 Å².